The Morgan fingerprint density at radius 1 is 1.12 bits per heavy atom. The topological polar surface area (TPSA) is 71.1 Å². The number of rotatable bonds is 6. The first kappa shape index (κ1) is 17.2. The molecule has 0 aliphatic carbocycles. The molecule has 0 radical (unpaired) electrons. The van der Waals surface area contributed by atoms with Gasteiger partial charge in [-0.3, -0.25) is 14.9 Å². The van der Waals surface area contributed by atoms with Gasteiger partial charge in [0.25, 0.3) is 5.91 Å². The van der Waals surface area contributed by atoms with Gasteiger partial charge in [0.05, 0.1) is 10.6 Å². The number of benzene rings is 1. The van der Waals surface area contributed by atoms with Crippen LogP contribution < -0.4 is 10.6 Å². The van der Waals surface area contributed by atoms with Crippen molar-refractivity contribution in [2.75, 3.05) is 10.6 Å². The van der Waals surface area contributed by atoms with Gasteiger partial charge < -0.3 is 5.32 Å². The van der Waals surface area contributed by atoms with Gasteiger partial charge >= 0.3 is 0 Å². The van der Waals surface area contributed by atoms with Gasteiger partial charge in [0, 0.05) is 17.5 Å². The maximum atomic E-state index is 13.1. The number of hydrogen-bond acceptors (Lipinski definition) is 5. The Kier molecular flexibility index (Phi) is 5.52. The normalized spacial score (nSPS) is 10.4. The fourth-order valence-corrected chi connectivity index (χ4v) is 3.44. The van der Waals surface area contributed by atoms with Crippen LogP contribution in [-0.4, -0.2) is 16.8 Å². The summed E-state index contributed by atoms with van der Waals surface area (Å²) in [6.07, 6.45) is 0.658. The van der Waals surface area contributed by atoms with E-state index in [1.54, 1.807) is 17.5 Å². The van der Waals surface area contributed by atoms with E-state index in [1.165, 1.54) is 40.9 Å². The lowest BCUT2D eigenvalue weighted by molar-refractivity contribution is -0.116. The Balaban J connectivity index is 1.50. The maximum absolute atomic E-state index is 13.1. The van der Waals surface area contributed by atoms with Crippen molar-refractivity contribution in [3.63, 3.8) is 0 Å². The minimum absolute atomic E-state index is 0.195. The summed E-state index contributed by atoms with van der Waals surface area (Å²) in [5.74, 6) is -0.814. The van der Waals surface area contributed by atoms with Crippen LogP contribution in [-0.2, 0) is 11.2 Å². The lowest BCUT2D eigenvalue weighted by Crippen LogP contribution is -2.12. The maximum Gasteiger partial charge on any atom is 0.267 e. The Morgan fingerprint density at radius 3 is 2.76 bits per heavy atom. The predicted molar refractivity (Wildman–Crippen MR) is 97.7 cm³/mol. The fraction of sp³-hybridized carbons (Fsp3) is 0.118. The molecule has 5 nitrogen and oxygen atoms in total. The number of carbonyl (C=O) groups excluding carboxylic acids is 2. The van der Waals surface area contributed by atoms with Crippen molar-refractivity contribution in [2.45, 2.75) is 12.8 Å². The molecule has 1 aromatic carbocycles. The first-order chi connectivity index (χ1) is 12.1. The standard InChI is InChI=1S/C17H14FN3O2S2/c18-11-3-1-4-12(9-11)19-15(22)7-6-13-10-25-17(20-13)21-16(23)14-5-2-8-24-14/h1-5,8-10H,6-7H2,(H,19,22)(H,20,21,23). The number of nitrogens with zero attached hydrogens (tertiary/aromatic N) is 1. The van der Waals surface area contributed by atoms with Crippen molar-refractivity contribution in [1.29, 1.82) is 0 Å². The molecule has 0 unspecified atom stereocenters. The molecule has 0 atom stereocenters. The molecule has 2 heterocycles. The summed E-state index contributed by atoms with van der Waals surface area (Å²) in [4.78, 5) is 28.8. The Hall–Kier alpha value is -2.58. The molecular formula is C17H14FN3O2S2. The van der Waals surface area contributed by atoms with Crippen LogP contribution in [0.3, 0.4) is 0 Å². The van der Waals surface area contributed by atoms with Crippen LogP contribution in [0.4, 0.5) is 15.2 Å². The minimum atomic E-state index is -0.400. The average Bonchev–Trinajstić information content (AvgIpc) is 3.25. The number of halogens is 1. The lowest BCUT2D eigenvalue weighted by Gasteiger charge is -2.04. The molecule has 8 heteroatoms. The van der Waals surface area contributed by atoms with E-state index in [0.29, 0.717) is 22.1 Å². The summed E-state index contributed by atoms with van der Waals surface area (Å²) in [5, 5.41) is 9.51. The van der Waals surface area contributed by atoms with Gasteiger partial charge in [-0.05, 0) is 36.1 Å². The third-order valence-corrected chi connectivity index (χ3v) is 4.91. The van der Waals surface area contributed by atoms with Crippen LogP contribution in [0.15, 0.2) is 47.2 Å². The minimum Gasteiger partial charge on any atom is -0.326 e. The Bertz CT molecular complexity index is 878. The number of hydrogen-bond donors (Lipinski definition) is 2. The summed E-state index contributed by atoms with van der Waals surface area (Å²) in [7, 11) is 0. The quantitative estimate of drug-likeness (QED) is 0.679. The van der Waals surface area contributed by atoms with E-state index < -0.39 is 5.82 Å². The first-order valence-electron chi connectivity index (χ1n) is 7.45. The summed E-state index contributed by atoms with van der Waals surface area (Å²) in [6, 6.07) is 9.29. The molecule has 0 spiro atoms. The third kappa shape index (κ3) is 4.94. The fourth-order valence-electron chi connectivity index (χ4n) is 2.08. The smallest absolute Gasteiger partial charge is 0.267 e. The second kappa shape index (κ2) is 8.00. The van der Waals surface area contributed by atoms with Gasteiger partial charge in [-0.15, -0.1) is 22.7 Å². The van der Waals surface area contributed by atoms with Gasteiger partial charge in [0.15, 0.2) is 5.13 Å². The molecule has 0 saturated heterocycles. The van der Waals surface area contributed by atoms with Gasteiger partial charge in [0.1, 0.15) is 5.82 Å². The zero-order valence-corrected chi connectivity index (χ0v) is 14.6. The summed E-state index contributed by atoms with van der Waals surface area (Å²) in [6.45, 7) is 0. The van der Waals surface area contributed by atoms with Gasteiger partial charge in [-0.1, -0.05) is 12.1 Å². The summed E-state index contributed by atoms with van der Waals surface area (Å²) >= 11 is 2.67. The molecule has 2 N–H and O–H groups in total. The molecule has 3 rings (SSSR count). The zero-order chi connectivity index (χ0) is 17.6. The van der Waals surface area contributed by atoms with E-state index in [4.69, 9.17) is 0 Å². The van der Waals surface area contributed by atoms with Crippen LogP contribution >= 0.6 is 22.7 Å². The van der Waals surface area contributed by atoms with E-state index in [-0.39, 0.29) is 18.2 Å². The summed E-state index contributed by atoms with van der Waals surface area (Å²) in [5.41, 5.74) is 1.15. The van der Waals surface area contributed by atoms with E-state index >= 15 is 0 Å². The lowest BCUT2D eigenvalue weighted by atomic mass is 10.2. The van der Waals surface area contributed by atoms with Gasteiger partial charge in [-0.25, -0.2) is 9.37 Å². The van der Waals surface area contributed by atoms with E-state index in [9.17, 15) is 14.0 Å². The van der Waals surface area contributed by atoms with Crippen LogP contribution in [0.25, 0.3) is 0 Å². The zero-order valence-electron chi connectivity index (χ0n) is 13.0. The molecule has 0 bridgehead atoms. The van der Waals surface area contributed by atoms with Crippen molar-refractivity contribution in [3.8, 4) is 0 Å². The van der Waals surface area contributed by atoms with Crippen molar-refractivity contribution in [1.82, 2.24) is 4.98 Å². The molecule has 0 aliphatic rings. The second-order valence-electron chi connectivity index (χ2n) is 5.13. The van der Waals surface area contributed by atoms with Crippen molar-refractivity contribution < 1.29 is 14.0 Å². The molecule has 0 fully saturated rings. The highest BCUT2D eigenvalue weighted by molar-refractivity contribution is 7.14. The first-order valence-corrected chi connectivity index (χ1v) is 9.21. The average molecular weight is 375 g/mol. The van der Waals surface area contributed by atoms with Crippen LogP contribution in [0.2, 0.25) is 0 Å². The van der Waals surface area contributed by atoms with E-state index in [0.717, 1.165) is 5.69 Å². The number of aryl methyl sites for hydroxylation is 1. The SMILES string of the molecule is O=C(CCc1csc(NC(=O)c2cccs2)n1)Nc1cccc(F)c1. The number of thiophene rings is 1. The number of carbonyl (C=O) groups is 2. The number of thiazole rings is 1. The molecule has 0 aliphatic heterocycles. The summed E-state index contributed by atoms with van der Waals surface area (Å²) < 4.78 is 13.1. The molecule has 0 saturated carbocycles. The highest BCUT2D eigenvalue weighted by Gasteiger charge is 2.11. The molecule has 128 valence electrons. The third-order valence-electron chi connectivity index (χ3n) is 3.23. The Morgan fingerprint density at radius 2 is 2.00 bits per heavy atom. The highest BCUT2D eigenvalue weighted by atomic mass is 32.1. The molecule has 3 aromatic rings. The van der Waals surface area contributed by atoms with Crippen LogP contribution in [0, 0.1) is 5.82 Å². The molecule has 25 heavy (non-hydrogen) atoms. The van der Waals surface area contributed by atoms with Crippen molar-refractivity contribution in [2.24, 2.45) is 0 Å². The monoisotopic (exact) mass is 375 g/mol. The molecular weight excluding hydrogens is 361 g/mol. The van der Waals surface area contributed by atoms with Crippen molar-refractivity contribution >= 4 is 45.3 Å². The van der Waals surface area contributed by atoms with E-state index in [1.807, 2.05) is 11.4 Å². The molecule has 2 aromatic heterocycles. The number of amides is 2. The van der Waals surface area contributed by atoms with Crippen molar-refractivity contribution in [3.05, 3.63) is 63.5 Å². The highest BCUT2D eigenvalue weighted by Crippen LogP contribution is 2.19. The Labute approximate surface area is 151 Å². The van der Waals surface area contributed by atoms with Gasteiger partial charge in [-0.2, -0.15) is 0 Å². The van der Waals surface area contributed by atoms with Crippen LogP contribution in [0.1, 0.15) is 21.8 Å². The molecule has 2 amide bonds. The number of anilines is 2. The second-order valence-corrected chi connectivity index (χ2v) is 6.94. The largest absolute Gasteiger partial charge is 0.326 e. The number of nitrogens with one attached hydrogen (secondary N) is 2. The van der Waals surface area contributed by atoms with Gasteiger partial charge in [0.2, 0.25) is 5.91 Å². The van der Waals surface area contributed by atoms with Crippen LogP contribution in [0.5, 0.6) is 0 Å². The predicted octanol–water partition coefficient (Wildman–Crippen LogP) is 4.17. The van der Waals surface area contributed by atoms with E-state index in [2.05, 4.69) is 15.6 Å². The number of aromatic nitrogens is 1.